The second kappa shape index (κ2) is 10.5. The van der Waals surface area contributed by atoms with Gasteiger partial charge in [-0.3, -0.25) is 13.9 Å². The zero-order valence-electron chi connectivity index (χ0n) is 20.6. The first-order chi connectivity index (χ1) is 18.2. The van der Waals surface area contributed by atoms with E-state index in [0.29, 0.717) is 33.2 Å². The van der Waals surface area contributed by atoms with Crippen LogP contribution in [0.15, 0.2) is 77.5 Å². The maximum absolute atomic E-state index is 13.9. The number of thiophene rings is 1. The van der Waals surface area contributed by atoms with E-state index in [1.54, 1.807) is 48.5 Å². The summed E-state index contributed by atoms with van der Waals surface area (Å²) in [6, 6.07) is 18.2. The maximum Gasteiger partial charge on any atom is 0.248 e. The second-order valence-corrected chi connectivity index (χ2v) is 11.0. The molecule has 1 amide bonds. The Labute approximate surface area is 234 Å². The van der Waals surface area contributed by atoms with Gasteiger partial charge in [-0.2, -0.15) is 11.3 Å². The van der Waals surface area contributed by atoms with Crippen molar-refractivity contribution >= 4 is 47.4 Å². The molecule has 0 saturated carbocycles. The molecular formula is C29H24ClFN2O3S2. The fourth-order valence-corrected chi connectivity index (χ4v) is 6.21. The SMILES string of the molecule is CC(C)c1cc(F)ccc1Oc1cccc([C@]2(c3ccsc3)CC(=O)C(c3ccccc3Cl)C(=O)N2S)n1. The third kappa shape index (κ3) is 4.61. The lowest BCUT2D eigenvalue weighted by molar-refractivity contribution is -0.142. The van der Waals surface area contributed by atoms with Gasteiger partial charge in [-0.15, -0.1) is 0 Å². The van der Waals surface area contributed by atoms with Crippen LogP contribution in [0.25, 0.3) is 0 Å². The van der Waals surface area contributed by atoms with Crippen molar-refractivity contribution in [2.24, 2.45) is 0 Å². The van der Waals surface area contributed by atoms with Crippen molar-refractivity contribution in [1.29, 1.82) is 0 Å². The Hall–Kier alpha value is -3.20. The van der Waals surface area contributed by atoms with E-state index in [0.717, 1.165) is 0 Å². The van der Waals surface area contributed by atoms with E-state index in [4.69, 9.17) is 21.3 Å². The molecule has 2 aromatic heterocycles. The van der Waals surface area contributed by atoms with Gasteiger partial charge < -0.3 is 4.74 Å². The molecule has 194 valence electrons. The number of hydrogen-bond donors (Lipinski definition) is 1. The Kier molecular flexibility index (Phi) is 7.31. The van der Waals surface area contributed by atoms with Crippen molar-refractivity contribution in [3.8, 4) is 11.6 Å². The third-order valence-electron chi connectivity index (χ3n) is 6.74. The number of halogens is 2. The molecule has 1 aliphatic rings. The van der Waals surface area contributed by atoms with Crippen molar-refractivity contribution in [2.75, 3.05) is 0 Å². The van der Waals surface area contributed by atoms with E-state index in [1.807, 2.05) is 30.7 Å². The van der Waals surface area contributed by atoms with Crippen molar-refractivity contribution < 1.29 is 18.7 Å². The molecule has 5 rings (SSSR count). The summed E-state index contributed by atoms with van der Waals surface area (Å²) in [5.74, 6) is -1.44. The molecule has 1 aliphatic heterocycles. The molecule has 0 radical (unpaired) electrons. The lowest BCUT2D eigenvalue weighted by Crippen LogP contribution is -2.54. The van der Waals surface area contributed by atoms with Crippen LogP contribution in [0, 0.1) is 5.82 Å². The highest BCUT2D eigenvalue weighted by atomic mass is 35.5. The summed E-state index contributed by atoms with van der Waals surface area (Å²) < 4.78 is 21.3. The zero-order chi connectivity index (χ0) is 27.0. The van der Waals surface area contributed by atoms with Crippen LogP contribution in [0.1, 0.15) is 54.5 Å². The summed E-state index contributed by atoms with van der Waals surface area (Å²) in [5, 5.41) is 4.10. The fraction of sp³-hybridized carbons (Fsp3) is 0.207. The lowest BCUT2D eigenvalue weighted by Gasteiger charge is -2.45. The van der Waals surface area contributed by atoms with Crippen molar-refractivity contribution in [3.63, 3.8) is 0 Å². The van der Waals surface area contributed by atoms with Gasteiger partial charge in [-0.1, -0.05) is 62.5 Å². The fourth-order valence-electron chi connectivity index (χ4n) is 4.84. The maximum atomic E-state index is 13.9. The van der Waals surface area contributed by atoms with Gasteiger partial charge in [0.25, 0.3) is 0 Å². The van der Waals surface area contributed by atoms with Crippen LogP contribution in [-0.2, 0) is 15.1 Å². The van der Waals surface area contributed by atoms with E-state index >= 15 is 0 Å². The van der Waals surface area contributed by atoms with Crippen LogP contribution in [-0.4, -0.2) is 21.0 Å². The van der Waals surface area contributed by atoms with Crippen LogP contribution in [0.4, 0.5) is 4.39 Å². The molecule has 1 unspecified atom stereocenters. The molecule has 5 nitrogen and oxygen atoms in total. The van der Waals surface area contributed by atoms with Gasteiger partial charge in [0.15, 0.2) is 5.78 Å². The monoisotopic (exact) mass is 566 g/mol. The number of amides is 1. The number of pyridine rings is 1. The first-order valence-corrected chi connectivity index (χ1v) is 13.7. The highest BCUT2D eigenvalue weighted by Gasteiger charge is 2.53. The van der Waals surface area contributed by atoms with E-state index in [9.17, 15) is 14.0 Å². The molecule has 0 N–H and O–H groups in total. The number of aromatic nitrogens is 1. The smallest absolute Gasteiger partial charge is 0.248 e. The van der Waals surface area contributed by atoms with Gasteiger partial charge in [0.05, 0.1) is 5.69 Å². The molecule has 0 aliphatic carbocycles. The van der Waals surface area contributed by atoms with Gasteiger partial charge in [0.1, 0.15) is 23.0 Å². The quantitative estimate of drug-likeness (QED) is 0.194. The highest BCUT2D eigenvalue weighted by Crippen LogP contribution is 2.48. The van der Waals surface area contributed by atoms with E-state index in [-0.39, 0.29) is 29.8 Å². The van der Waals surface area contributed by atoms with Gasteiger partial charge >= 0.3 is 0 Å². The number of benzene rings is 2. The normalized spacial score (nSPS) is 19.7. The number of thiol groups is 1. The predicted molar refractivity (Wildman–Crippen MR) is 150 cm³/mol. The minimum Gasteiger partial charge on any atom is -0.439 e. The van der Waals surface area contributed by atoms with Crippen LogP contribution >= 0.6 is 35.8 Å². The molecule has 2 aromatic carbocycles. The topological polar surface area (TPSA) is 59.5 Å². The molecular weight excluding hydrogens is 543 g/mol. The molecule has 0 spiro atoms. The number of hydrogen-bond acceptors (Lipinski definition) is 6. The average Bonchev–Trinajstić information content (AvgIpc) is 3.44. The highest BCUT2D eigenvalue weighted by molar-refractivity contribution is 7.78. The number of nitrogens with zero attached hydrogens (tertiary/aromatic N) is 2. The molecule has 4 aromatic rings. The first kappa shape index (κ1) is 26.4. The molecule has 1 fully saturated rings. The molecule has 0 bridgehead atoms. The van der Waals surface area contributed by atoms with Gasteiger partial charge in [0.2, 0.25) is 11.8 Å². The number of carbonyl (C=O) groups is 2. The number of ether oxygens (including phenoxy) is 1. The van der Waals surface area contributed by atoms with Gasteiger partial charge in [-0.25, -0.2) is 9.37 Å². The molecule has 1 saturated heterocycles. The summed E-state index contributed by atoms with van der Waals surface area (Å²) >= 11 is 12.5. The minimum atomic E-state index is -1.27. The second-order valence-electron chi connectivity index (χ2n) is 9.42. The Bertz CT molecular complexity index is 1510. The Morgan fingerprint density at radius 2 is 1.92 bits per heavy atom. The number of rotatable bonds is 6. The molecule has 9 heteroatoms. The van der Waals surface area contributed by atoms with E-state index in [2.05, 4.69) is 12.8 Å². The number of Topliss-reactive ketones (excluding diaryl/α,β-unsaturated/α-hetero) is 1. The summed E-state index contributed by atoms with van der Waals surface area (Å²) in [4.78, 5) is 32.2. The Morgan fingerprint density at radius 3 is 2.63 bits per heavy atom. The largest absolute Gasteiger partial charge is 0.439 e. The summed E-state index contributed by atoms with van der Waals surface area (Å²) in [6.07, 6.45) is -0.0564. The number of piperidine rings is 1. The van der Waals surface area contributed by atoms with Crippen molar-refractivity contribution in [3.05, 3.63) is 111 Å². The molecule has 38 heavy (non-hydrogen) atoms. The van der Waals surface area contributed by atoms with E-state index in [1.165, 1.54) is 27.8 Å². The number of ketones is 1. The van der Waals surface area contributed by atoms with Gasteiger partial charge in [-0.05, 0) is 64.2 Å². The average molecular weight is 567 g/mol. The lowest BCUT2D eigenvalue weighted by atomic mass is 9.75. The van der Waals surface area contributed by atoms with Crippen LogP contribution in [0.5, 0.6) is 11.6 Å². The molecule has 2 atom stereocenters. The van der Waals surface area contributed by atoms with Crippen LogP contribution < -0.4 is 4.74 Å². The molecule has 3 heterocycles. The van der Waals surface area contributed by atoms with Crippen LogP contribution in [0.2, 0.25) is 5.02 Å². The Balaban J connectivity index is 1.59. The van der Waals surface area contributed by atoms with Gasteiger partial charge in [0, 0.05) is 23.1 Å². The first-order valence-electron chi connectivity index (χ1n) is 12.0. The zero-order valence-corrected chi connectivity index (χ0v) is 23.1. The summed E-state index contributed by atoms with van der Waals surface area (Å²) in [7, 11) is 0. The van der Waals surface area contributed by atoms with Crippen LogP contribution in [0.3, 0.4) is 0 Å². The van der Waals surface area contributed by atoms with Crippen molar-refractivity contribution in [1.82, 2.24) is 9.29 Å². The Morgan fingerprint density at radius 1 is 1.13 bits per heavy atom. The summed E-state index contributed by atoms with van der Waals surface area (Å²) in [6.45, 7) is 3.90. The predicted octanol–water partition coefficient (Wildman–Crippen LogP) is 7.52. The standard InChI is InChI=1S/C29H24ClFN2O3S2/c1-17(2)21-14-19(31)10-11-24(21)36-26-9-5-8-25(32-26)29(18-12-13-38-16-18)15-23(34)27(28(35)33(29)37)20-6-3-4-7-22(20)30/h3-14,16-17,27,37H,15H2,1-2H3/t27?,29-/m1/s1. The summed E-state index contributed by atoms with van der Waals surface area (Å²) in [5.41, 5.74) is 1.02. The van der Waals surface area contributed by atoms with E-state index < -0.39 is 17.4 Å². The number of carbonyl (C=O) groups excluding carboxylic acids is 2. The van der Waals surface area contributed by atoms with Crippen molar-refractivity contribution in [2.45, 2.75) is 37.6 Å². The third-order valence-corrected chi connectivity index (χ3v) is 8.31. The minimum absolute atomic E-state index is 0.0179.